The van der Waals surface area contributed by atoms with Crippen LogP contribution in [0.15, 0.2) is 99.2 Å². The number of nitrogens with one attached hydrogen (secondary N) is 1. The molecule has 0 aliphatic rings. The molecule has 25 heavy (non-hydrogen) atoms. The first-order valence-corrected chi connectivity index (χ1v) is 7.83. The van der Waals surface area contributed by atoms with E-state index >= 15 is 0 Å². The molecule has 2 rings (SSSR count). The van der Waals surface area contributed by atoms with Crippen molar-refractivity contribution in [2.75, 3.05) is 0 Å². The van der Waals surface area contributed by atoms with Gasteiger partial charge in [0.1, 0.15) is 11.2 Å². The Morgan fingerprint density at radius 1 is 0.960 bits per heavy atom. The molecule has 3 heteroatoms. The van der Waals surface area contributed by atoms with E-state index in [-0.39, 0.29) is 0 Å². The standard InChI is InChI=1S/C22H21N3/c1-5-8-10-12-13-17(4)21-22-20(24-25-21)16-15-19(23-22)18(7-3)14-11-9-6-2/h5-16H,1-4H2,(H,24,25)/b10-8-,11-9-,13-12-,18-14+. The summed E-state index contributed by atoms with van der Waals surface area (Å²) in [5, 5.41) is 7.33. The van der Waals surface area contributed by atoms with Gasteiger partial charge in [-0.25, -0.2) is 4.98 Å². The Bertz CT molecular complexity index is 918. The Balaban J connectivity index is 2.42. The topological polar surface area (TPSA) is 41.6 Å². The van der Waals surface area contributed by atoms with Crippen LogP contribution in [0.25, 0.3) is 22.2 Å². The predicted molar refractivity (Wildman–Crippen MR) is 109 cm³/mol. The normalized spacial score (nSPS) is 12.4. The molecule has 0 unspecified atom stereocenters. The average Bonchev–Trinajstić information content (AvgIpc) is 3.05. The summed E-state index contributed by atoms with van der Waals surface area (Å²) >= 11 is 0. The number of rotatable bonds is 8. The third-order valence-corrected chi connectivity index (χ3v) is 3.41. The first-order chi connectivity index (χ1) is 12.2. The number of allylic oxidation sites excluding steroid dienone is 12. The lowest BCUT2D eigenvalue weighted by Crippen LogP contribution is -1.89. The zero-order valence-corrected chi connectivity index (χ0v) is 14.2. The molecule has 0 spiro atoms. The van der Waals surface area contributed by atoms with Crippen molar-refractivity contribution in [1.82, 2.24) is 15.2 Å². The maximum absolute atomic E-state index is 4.73. The van der Waals surface area contributed by atoms with Crippen molar-refractivity contribution in [3.05, 3.63) is 111 Å². The fraction of sp³-hybridized carbons (Fsp3) is 0. The van der Waals surface area contributed by atoms with E-state index < -0.39 is 0 Å². The second-order valence-electron chi connectivity index (χ2n) is 5.12. The van der Waals surface area contributed by atoms with E-state index in [4.69, 9.17) is 4.98 Å². The maximum Gasteiger partial charge on any atom is 0.118 e. The molecule has 0 aliphatic carbocycles. The number of H-pyrrole nitrogens is 1. The van der Waals surface area contributed by atoms with Crippen molar-refractivity contribution < 1.29 is 0 Å². The van der Waals surface area contributed by atoms with E-state index in [0.29, 0.717) is 0 Å². The molecule has 0 radical (unpaired) electrons. The van der Waals surface area contributed by atoms with Crippen molar-refractivity contribution in [2.24, 2.45) is 0 Å². The first kappa shape index (κ1) is 17.9. The number of aromatic nitrogens is 3. The largest absolute Gasteiger partial charge is 0.276 e. The third kappa shape index (κ3) is 4.52. The van der Waals surface area contributed by atoms with Crippen molar-refractivity contribution in [3.63, 3.8) is 0 Å². The summed E-state index contributed by atoms with van der Waals surface area (Å²) in [5.41, 5.74) is 4.88. The molecule has 2 aromatic rings. The summed E-state index contributed by atoms with van der Waals surface area (Å²) in [6.07, 6.45) is 18.4. The van der Waals surface area contributed by atoms with Crippen molar-refractivity contribution in [2.45, 2.75) is 0 Å². The number of hydrogen-bond donors (Lipinski definition) is 1. The maximum atomic E-state index is 4.73. The van der Waals surface area contributed by atoms with Gasteiger partial charge in [-0.3, -0.25) is 5.10 Å². The van der Waals surface area contributed by atoms with Crippen LogP contribution in [0.5, 0.6) is 0 Å². The highest BCUT2D eigenvalue weighted by molar-refractivity contribution is 5.90. The molecule has 0 saturated heterocycles. The Labute approximate surface area is 148 Å². The monoisotopic (exact) mass is 327 g/mol. The molecule has 0 aromatic carbocycles. The molecule has 2 heterocycles. The quantitative estimate of drug-likeness (QED) is 0.643. The average molecular weight is 327 g/mol. The van der Waals surface area contributed by atoms with Gasteiger partial charge in [0.05, 0.1) is 11.2 Å². The van der Waals surface area contributed by atoms with Gasteiger partial charge in [0.25, 0.3) is 0 Å². The number of fused-ring (bicyclic) bond motifs is 1. The van der Waals surface area contributed by atoms with Gasteiger partial charge < -0.3 is 0 Å². The minimum Gasteiger partial charge on any atom is -0.276 e. The van der Waals surface area contributed by atoms with Gasteiger partial charge in [-0.1, -0.05) is 87.1 Å². The molecular formula is C22H21N3. The van der Waals surface area contributed by atoms with Crippen LogP contribution in [-0.2, 0) is 0 Å². The Morgan fingerprint density at radius 3 is 2.44 bits per heavy atom. The van der Waals surface area contributed by atoms with Crippen LogP contribution in [0.3, 0.4) is 0 Å². The summed E-state index contributed by atoms with van der Waals surface area (Å²) in [7, 11) is 0. The molecule has 3 nitrogen and oxygen atoms in total. The van der Waals surface area contributed by atoms with Gasteiger partial charge >= 0.3 is 0 Å². The zero-order valence-electron chi connectivity index (χ0n) is 14.2. The van der Waals surface area contributed by atoms with Crippen LogP contribution in [0, 0.1) is 0 Å². The molecule has 0 atom stereocenters. The minimum atomic E-state index is 0.727. The Hall–Kier alpha value is -3.46. The molecule has 0 bridgehead atoms. The molecule has 2 aromatic heterocycles. The molecule has 1 N–H and O–H groups in total. The lowest BCUT2D eigenvalue weighted by Gasteiger charge is -2.02. The third-order valence-electron chi connectivity index (χ3n) is 3.41. The second kappa shape index (κ2) is 8.99. The Kier molecular flexibility index (Phi) is 6.43. The second-order valence-corrected chi connectivity index (χ2v) is 5.12. The van der Waals surface area contributed by atoms with E-state index in [9.17, 15) is 0 Å². The van der Waals surface area contributed by atoms with Gasteiger partial charge in [-0.05, 0) is 23.3 Å². The SMILES string of the molecule is C=C/C=C\C=C/C(=C)c1n[nH]c2ccc(/C(C=C)=C/C=C\C=C)nc12. The minimum absolute atomic E-state index is 0.727. The number of nitrogens with zero attached hydrogens (tertiary/aromatic N) is 2. The van der Waals surface area contributed by atoms with E-state index in [1.54, 1.807) is 18.2 Å². The van der Waals surface area contributed by atoms with Crippen molar-refractivity contribution in [1.29, 1.82) is 0 Å². The van der Waals surface area contributed by atoms with Crippen molar-refractivity contribution in [3.8, 4) is 0 Å². The van der Waals surface area contributed by atoms with Crippen LogP contribution in [-0.4, -0.2) is 15.2 Å². The van der Waals surface area contributed by atoms with E-state index in [0.717, 1.165) is 33.6 Å². The molecular weight excluding hydrogens is 306 g/mol. The molecule has 0 aliphatic heterocycles. The van der Waals surface area contributed by atoms with Gasteiger partial charge in [0.15, 0.2) is 0 Å². The van der Waals surface area contributed by atoms with Crippen LogP contribution >= 0.6 is 0 Å². The summed E-state index contributed by atoms with van der Waals surface area (Å²) < 4.78 is 0. The smallest absolute Gasteiger partial charge is 0.118 e. The van der Waals surface area contributed by atoms with Crippen LogP contribution in [0.4, 0.5) is 0 Å². The number of hydrogen-bond acceptors (Lipinski definition) is 2. The Morgan fingerprint density at radius 2 is 1.72 bits per heavy atom. The fourth-order valence-electron chi connectivity index (χ4n) is 2.17. The zero-order chi connectivity index (χ0) is 18.1. The van der Waals surface area contributed by atoms with E-state index in [1.807, 2.05) is 54.7 Å². The lowest BCUT2D eigenvalue weighted by molar-refractivity contribution is 1.10. The van der Waals surface area contributed by atoms with E-state index in [2.05, 4.69) is 36.5 Å². The van der Waals surface area contributed by atoms with Crippen LogP contribution in [0.2, 0.25) is 0 Å². The number of pyridine rings is 1. The molecule has 124 valence electrons. The highest BCUT2D eigenvalue weighted by atomic mass is 15.1. The molecule has 0 saturated carbocycles. The molecule has 0 amide bonds. The highest BCUT2D eigenvalue weighted by Gasteiger charge is 2.10. The van der Waals surface area contributed by atoms with Gasteiger partial charge in [-0.15, -0.1) is 0 Å². The lowest BCUT2D eigenvalue weighted by atomic mass is 10.1. The van der Waals surface area contributed by atoms with Gasteiger partial charge in [0.2, 0.25) is 0 Å². The summed E-state index contributed by atoms with van der Waals surface area (Å²) in [6.45, 7) is 15.2. The fourth-order valence-corrected chi connectivity index (χ4v) is 2.17. The molecule has 0 fully saturated rings. The van der Waals surface area contributed by atoms with Gasteiger partial charge in [-0.2, -0.15) is 5.10 Å². The first-order valence-electron chi connectivity index (χ1n) is 7.83. The van der Waals surface area contributed by atoms with E-state index in [1.165, 1.54) is 0 Å². The summed E-state index contributed by atoms with van der Waals surface area (Å²) in [4.78, 5) is 4.73. The van der Waals surface area contributed by atoms with Crippen LogP contribution < -0.4 is 0 Å². The van der Waals surface area contributed by atoms with Gasteiger partial charge in [0, 0.05) is 0 Å². The van der Waals surface area contributed by atoms with Crippen molar-refractivity contribution >= 4 is 22.2 Å². The summed E-state index contributed by atoms with van der Waals surface area (Å²) in [5.74, 6) is 0. The van der Waals surface area contributed by atoms with Crippen LogP contribution in [0.1, 0.15) is 11.4 Å². The predicted octanol–water partition coefficient (Wildman–Crippen LogP) is 5.58. The number of aromatic amines is 1. The highest BCUT2D eigenvalue weighted by Crippen LogP contribution is 2.23. The summed E-state index contributed by atoms with van der Waals surface area (Å²) in [6, 6.07) is 3.89.